The molecule has 21 heavy (non-hydrogen) atoms. The summed E-state index contributed by atoms with van der Waals surface area (Å²) in [6.07, 6.45) is 2.82. The van der Waals surface area contributed by atoms with Crippen molar-refractivity contribution in [1.29, 1.82) is 0 Å². The number of hydrogen-bond acceptors (Lipinski definition) is 4. The highest BCUT2D eigenvalue weighted by atomic mass is 79.9. The van der Waals surface area contributed by atoms with Gasteiger partial charge in [0.2, 0.25) is 0 Å². The van der Waals surface area contributed by atoms with E-state index in [1.807, 2.05) is 18.2 Å². The van der Waals surface area contributed by atoms with Crippen LogP contribution >= 0.6 is 15.9 Å². The summed E-state index contributed by atoms with van der Waals surface area (Å²) in [5.74, 6) is -0.368. The van der Waals surface area contributed by atoms with Gasteiger partial charge in [0.05, 0.1) is 12.2 Å². The fraction of sp³-hybridized carbons (Fsp3) is 0.0714. The van der Waals surface area contributed by atoms with Gasteiger partial charge < -0.3 is 5.32 Å². The van der Waals surface area contributed by atoms with Crippen LogP contribution in [0.25, 0.3) is 5.69 Å². The summed E-state index contributed by atoms with van der Waals surface area (Å²) in [5.41, 5.74) is 1.90. The molecule has 1 N–H and O–H groups in total. The third kappa shape index (κ3) is 3.25. The fourth-order valence-electron chi connectivity index (χ4n) is 1.88. The quantitative estimate of drug-likeness (QED) is 0.736. The van der Waals surface area contributed by atoms with E-state index in [1.165, 1.54) is 23.4 Å². The largest absolute Gasteiger partial charge is 0.379 e. The Labute approximate surface area is 129 Å². The fourth-order valence-corrected chi connectivity index (χ4v) is 2.26. The molecule has 0 bridgehead atoms. The van der Waals surface area contributed by atoms with Crippen molar-refractivity contribution in [2.45, 2.75) is 6.54 Å². The average molecular weight is 348 g/mol. The summed E-state index contributed by atoms with van der Waals surface area (Å²) >= 11 is 3.32. The van der Waals surface area contributed by atoms with Crippen LogP contribution in [0.15, 0.2) is 53.7 Å². The van der Waals surface area contributed by atoms with Crippen molar-refractivity contribution >= 4 is 21.6 Å². The number of pyridine rings is 1. The summed E-state index contributed by atoms with van der Waals surface area (Å²) in [7, 11) is 0. The molecule has 0 aliphatic heterocycles. The smallest absolute Gasteiger partial charge is 0.150 e. The first-order valence-corrected chi connectivity index (χ1v) is 7.01. The zero-order valence-corrected chi connectivity index (χ0v) is 12.5. The summed E-state index contributed by atoms with van der Waals surface area (Å²) < 4.78 is 16.2. The molecule has 0 radical (unpaired) electrons. The van der Waals surface area contributed by atoms with Gasteiger partial charge in [0.1, 0.15) is 22.9 Å². The van der Waals surface area contributed by atoms with Crippen molar-refractivity contribution in [3.63, 3.8) is 0 Å². The van der Waals surface area contributed by atoms with Crippen molar-refractivity contribution in [2.75, 3.05) is 5.32 Å². The molecule has 5 nitrogen and oxygen atoms in total. The highest BCUT2D eigenvalue weighted by molar-refractivity contribution is 9.10. The summed E-state index contributed by atoms with van der Waals surface area (Å²) in [6, 6.07) is 10.5. The zero-order valence-electron chi connectivity index (χ0n) is 10.9. The first-order valence-electron chi connectivity index (χ1n) is 6.22. The van der Waals surface area contributed by atoms with E-state index in [-0.39, 0.29) is 5.82 Å². The van der Waals surface area contributed by atoms with Gasteiger partial charge in [-0.15, -0.1) is 0 Å². The van der Waals surface area contributed by atoms with Gasteiger partial charge in [-0.1, -0.05) is 6.07 Å². The van der Waals surface area contributed by atoms with Crippen LogP contribution in [0.2, 0.25) is 0 Å². The molecule has 0 aliphatic carbocycles. The third-order valence-corrected chi connectivity index (χ3v) is 3.30. The molecule has 7 heteroatoms. The molecule has 0 saturated heterocycles. The lowest BCUT2D eigenvalue weighted by molar-refractivity contribution is 0.611. The lowest BCUT2D eigenvalue weighted by Crippen LogP contribution is -2.03. The molecule has 0 atom stereocenters. The van der Waals surface area contributed by atoms with E-state index in [0.29, 0.717) is 17.9 Å². The van der Waals surface area contributed by atoms with Crippen molar-refractivity contribution in [3.05, 3.63) is 65.2 Å². The van der Waals surface area contributed by atoms with E-state index in [0.717, 1.165) is 10.3 Å². The number of rotatable bonds is 4. The lowest BCUT2D eigenvalue weighted by Gasteiger charge is -2.08. The van der Waals surface area contributed by atoms with Gasteiger partial charge in [0.15, 0.2) is 5.82 Å². The number of hydrogen-bond donors (Lipinski definition) is 1. The molecule has 3 rings (SSSR count). The van der Waals surface area contributed by atoms with Gasteiger partial charge >= 0.3 is 0 Å². The monoisotopic (exact) mass is 347 g/mol. The van der Waals surface area contributed by atoms with E-state index in [4.69, 9.17) is 0 Å². The minimum absolute atomic E-state index is 0.360. The van der Waals surface area contributed by atoms with Crippen LogP contribution in [-0.2, 0) is 6.54 Å². The molecular weight excluding hydrogens is 337 g/mol. The lowest BCUT2D eigenvalue weighted by atomic mass is 10.2. The maximum Gasteiger partial charge on any atom is 0.150 e. The van der Waals surface area contributed by atoms with Gasteiger partial charge in [-0.3, -0.25) is 0 Å². The molecule has 3 aromatic rings. The third-order valence-electron chi connectivity index (χ3n) is 2.86. The van der Waals surface area contributed by atoms with E-state index in [2.05, 4.69) is 36.3 Å². The van der Waals surface area contributed by atoms with Crippen molar-refractivity contribution in [1.82, 2.24) is 19.7 Å². The minimum atomic E-state index is -0.368. The standard InChI is InChI=1S/C14H11BrFN5/c15-14-3-1-2-11(20-14)7-18-10-4-5-13(12(16)6-10)21-9-17-8-19-21/h1-6,8-9,18H,7H2. The SMILES string of the molecule is Fc1cc(NCc2cccc(Br)n2)ccc1-n1cncn1. The van der Waals surface area contributed by atoms with Crippen molar-refractivity contribution in [3.8, 4) is 5.69 Å². The average Bonchev–Trinajstić information content (AvgIpc) is 2.99. The number of nitrogens with zero attached hydrogens (tertiary/aromatic N) is 4. The van der Waals surface area contributed by atoms with Gasteiger partial charge in [-0.05, 0) is 46.3 Å². The van der Waals surface area contributed by atoms with Crippen molar-refractivity contribution in [2.24, 2.45) is 0 Å². The normalized spacial score (nSPS) is 10.6. The second-order valence-electron chi connectivity index (χ2n) is 4.31. The Balaban J connectivity index is 1.74. The summed E-state index contributed by atoms with van der Waals surface area (Å²) in [4.78, 5) is 8.11. The number of anilines is 1. The maximum absolute atomic E-state index is 14.1. The van der Waals surface area contributed by atoms with Crippen LogP contribution in [0.3, 0.4) is 0 Å². The molecule has 0 aliphatic rings. The van der Waals surface area contributed by atoms with E-state index >= 15 is 0 Å². The molecule has 0 saturated carbocycles. The second-order valence-corrected chi connectivity index (χ2v) is 5.12. The van der Waals surface area contributed by atoms with E-state index in [9.17, 15) is 4.39 Å². The molecule has 2 aromatic heterocycles. The minimum Gasteiger partial charge on any atom is -0.379 e. The molecule has 2 heterocycles. The molecule has 1 aromatic carbocycles. The van der Waals surface area contributed by atoms with Crippen LogP contribution in [-0.4, -0.2) is 19.7 Å². The van der Waals surface area contributed by atoms with Gasteiger partial charge in [0.25, 0.3) is 0 Å². The van der Waals surface area contributed by atoms with E-state index in [1.54, 1.807) is 12.1 Å². The molecule has 0 spiro atoms. The van der Waals surface area contributed by atoms with Gasteiger partial charge in [-0.25, -0.2) is 19.0 Å². The van der Waals surface area contributed by atoms with Crippen molar-refractivity contribution < 1.29 is 4.39 Å². The van der Waals surface area contributed by atoms with Crippen LogP contribution in [0.1, 0.15) is 5.69 Å². The predicted molar refractivity (Wildman–Crippen MR) is 80.6 cm³/mol. The summed E-state index contributed by atoms with van der Waals surface area (Å²) in [6.45, 7) is 0.515. The topological polar surface area (TPSA) is 55.6 Å². The summed E-state index contributed by atoms with van der Waals surface area (Å²) in [5, 5.41) is 7.04. The zero-order chi connectivity index (χ0) is 14.7. The van der Waals surface area contributed by atoms with Crippen LogP contribution in [0, 0.1) is 5.82 Å². The molecule has 0 amide bonds. The number of benzene rings is 1. The number of aromatic nitrogens is 4. The Morgan fingerprint density at radius 1 is 1.24 bits per heavy atom. The first-order chi connectivity index (χ1) is 10.2. The van der Waals surface area contributed by atoms with Crippen LogP contribution in [0.5, 0.6) is 0 Å². The number of halogens is 2. The molecular formula is C14H11BrFN5. The molecule has 106 valence electrons. The first kappa shape index (κ1) is 13.7. The van der Waals surface area contributed by atoms with Crippen LogP contribution < -0.4 is 5.32 Å². The van der Waals surface area contributed by atoms with E-state index < -0.39 is 0 Å². The number of nitrogens with one attached hydrogen (secondary N) is 1. The molecule has 0 fully saturated rings. The predicted octanol–water partition coefficient (Wildman–Crippen LogP) is 3.18. The van der Waals surface area contributed by atoms with Gasteiger partial charge in [0, 0.05) is 5.69 Å². The maximum atomic E-state index is 14.1. The Morgan fingerprint density at radius 2 is 2.14 bits per heavy atom. The van der Waals surface area contributed by atoms with Gasteiger partial charge in [-0.2, -0.15) is 5.10 Å². The Kier molecular flexibility index (Phi) is 3.92. The highest BCUT2D eigenvalue weighted by Crippen LogP contribution is 2.18. The van der Waals surface area contributed by atoms with Crippen LogP contribution in [0.4, 0.5) is 10.1 Å². The highest BCUT2D eigenvalue weighted by Gasteiger charge is 2.06. The Hall–Kier alpha value is -2.28. The molecule has 0 unspecified atom stereocenters. The Bertz CT molecular complexity index is 745. The Morgan fingerprint density at radius 3 is 2.86 bits per heavy atom. The second kappa shape index (κ2) is 6.01.